The molecule has 1 radical (unpaired) electrons. The fourth-order valence-corrected chi connectivity index (χ4v) is 0.700. The third kappa shape index (κ3) is 6.98. The van der Waals surface area contributed by atoms with Gasteiger partial charge in [0, 0.05) is 6.42 Å². The van der Waals surface area contributed by atoms with Crippen molar-refractivity contribution >= 4 is 36.3 Å². The van der Waals surface area contributed by atoms with Crippen LogP contribution in [-0.2, 0) is 0 Å². The van der Waals surface area contributed by atoms with E-state index in [2.05, 4.69) is 6.58 Å². The van der Waals surface area contributed by atoms with Gasteiger partial charge in [0.25, 0.3) is 0 Å². The summed E-state index contributed by atoms with van der Waals surface area (Å²) in [6.45, 7) is 3.60. The lowest BCUT2D eigenvalue weighted by atomic mass is 10.2. The minimum Gasteiger partial charge on any atom is -0.309 e. The van der Waals surface area contributed by atoms with Gasteiger partial charge in [-0.1, -0.05) is 36.4 Å². The Morgan fingerprint density at radius 1 is 1.17 bits per heavy atom. The molecule has 0 aliphatic rings. The quantitative estimate of drug-likeness (QED) is 0.659. The maximum atomic E-state index is 4.90. The predicted octanol–water partition coefficient (Wildman–Crippen LogP) is 3.42. The highest BCUT2D eigenvalue weighted by atomic mass is 35.6. The monoisotopic (exact) mass is 211 g/mol. The minimum absolute atomic E-state index is 0.639. The van der Waals surface area contributed by atoms with E-state index in [0.29, 0.717) is 0 Å². The molecule has 0 spiro atoms. The highest BCUT2D eigenvalue weighted by Crippen LogP contribution is 2.00. The van der Waals surface area contributed by atoms with E-state index in [9.17, 15) is 0 Å². The van der Waals surface area contributed by atoms with Crippen LogP contribution in [0.15, 0.2) is 43.0 Å². The Labute approximate surface area is 90.9 Å². The standard InChI is InChI=1S/C9H9.2ClH.Mg/c1-2-6-9-7-4-3-5-8-9;;;/h2-8H,1H2;2*1H;/q;;;+2/p-2. The first-order valence-corrected chi connectivity index (χ1v) is 7.75. The summed E-state index contributed by atoms with van der Waals surface area (Å²) in [4.78, 5) is 0. The number of hydrogen-bond acceptors (Lipinski definition) is 0. The lowest BCUT2D eigenvalue weighted by Crippen LogP contribution is -1.72. The summed E-state index contributed by atoms with van der Waals surface area (Å²) in [6, 6.07) is 10.1. The zero-order valence-electron chi connectivity index (χ0n) is 6.71. The lowest BCUT2D eigenvalue weighted by molar-refractivity contribution is 1.53. The van der Waals surface area contributed by atoms with Crippen molar-refractivity contribution in [3.8, 4) is 0 Å². The van der Waals surface area contributed by atoms with Crippen molar-refractivity contribution in [3.05, 3.63) is 55.0 Å². The van der Waals surface area contributed by atoms with E-state index in [1.807, 2.05) is 36.8 Å². The van der Waals surface area contributed by atoms with Gasteiger partial charge in [-0.15, -0.1) is 6.58 Å². The minimum atomic E-state index is -0.639. The molecule has 1 rings (SSSR count). The van der Waals surface area contributed by atoms with Gasteiger partial charge >= 0.3 is 18.2 Å². The molecule has 3 heteroatoms. The molecule has 0 atom stereocenters. The molecule has 0 N–H and O–H groups in total. The fourth-order valence-electron chi connectivity index (χ4n) is 0.700. The Hall–Kier alpha value is 0.306. The molecule has 0 saturated carbocycles. The molecule has 61 valence electrons. The van der Waals surface area contributed by atoms with Crippen LogP contribution in [0.3, 0.4) is 0 Å². The highest BCUT2D eigenvalue weighted by Gasteiger charge is 1.82. The van der Waals surface area contributed by atoms with Gasteiger partial charge in [-0.25, -0.2) is 0 Å². The Balaban J connectivity index is 0.000000354. The van der Waals surface area contributed by atoms with Gasteiger partial charge in [-0.2, -0.15) is 0 Å². The third-order valence-electron chi connectivity index (χ3n) is 1.11. The smallest absolute Gasteiger partial charge is 0.309 e. The van der Waals surface area contributed by atoms with Crippen molar-refractivity contribution in [1.82, 2.24) is 0 Å². The molecule has 0 aromatic heterocycles. The van der Waals surface area contributed by atoms with Crippen LogP contribution in [0, 0.1) is 6.42 Å². The zero-order valence-corrected chi connectivity index (χ0v) is 9.64. The van der Waals surface area contributed by atoms with Gasteiger partial charge in [0.05, 0.1) is 0 Å². The van der Waals surface area contributed by atoms with E-state index in [0.717, 1.165) is 0 Å². The Morgan fingerprint density at radius 2 is 1.67 bits per heavy atom. The summed E-state index contributed by atoms with van der Waals surface area (Å²) in [5, 5.41) is 0. The predicted molar refractivity (Wildman–Crippen MR) is 57.5 cm³/mol. The molecule has 0 amide bonds. The first-order valence-electron chi connectivity index (χ1n) is 3.48. The summed E-state index contributed by atoms with van der Waals surface area (Å²) < 4.78 is 0. The molecule has 12 heavy (non-hydrogen) atoms. The van der Waals surface area contributed by atoms with E-state index >= 15 is 0 Å². The van der Waals surface area contributed by atoms with E-state index in [1.54, 1.807) is 6.08 Å². The summed E-state index contributed by atoms with van der Waals surface area (Å²) in [7, 11) is 9.81. The van der Waals surface area contributed by atoms with Crippen LogP contribution < -0.4 is 0 Å². The second-order valence-electron chi connectivity index (χ2n) is 1.91. The van der Waals surface area contributed by atoms with Gasteiger partial charge in [-0.3, -0.25) is 0 Å². The van der Waals surface area contributed by atoms with Crippen molar-refractivity contribution in [2.75, 3.05) is 0 Å². The van der Waals surface area contributed by atoms with Gasteiger partial charge in [0.2, 0.25) is 0 Å². The largest absolute Gasteiger partial charge is 0.618 e. The van der Waals surface area contributed by atoms with E-state index in [1.165, 1.54) is 5.56 Å². The molecule has 0 unspecified atom stereocenters. The number of allylic oxidation sites excluding steroid dienone is 1. The maximum absolute atomic E-state index is 4.90. The molecule has 0 saturated heterocycles. The summed E-state index contributed by atoms with van der Waals surface area (Å²) >= 11 is -0.639. The molecule has 0 aliphatic carbocycles. The van der Waals surface area contributed by atoms with Gasteiger partial charge in [0.1, 0.15) is 0 Å². The number of rotatable bonds is 2. The van der Waals surface area contributed by atoms with Crippen LogP contribution >= 0.6 is 18.1 Å². The topological polar surface area (TPSA) is 0 Å². The SMILES string of the molecule is C=C[CH]c1ccccc1.[Cl][Mg][Cl]. The zero-order chi connectivity index (χ0) is 9.23. The van der Waals surface area contributed by atoms with Crippen molar-refractivity contribution in [2.45, 2.75) is 0 Å². The fraction of sp³-hybridized carbons (Fsp3) is 0. The van der Waals surface area contributed by atoms with Crippen LogP contribution in [-0.4, -0.2) is 18.2 Å². The highest BCUT2D eigenvalue weighted by molar-refractivity contribution is 7.22. The second-order valence-corrected chi connectivity index (χ2v) is 4.54. The summed E-state index contributed by atoms with van der Waals surface area (Å²) in [5.74, 6) is 0. The molecular weight excluding hydrogens is 203 g/mol. The van der Waals surface area contributed by atoms with Crippen LogP contribution in [0.25, 0.3) is 0 Å². The average molecular weight is 212 g/mol. The second kappa shape index (κ2) is 9.39. The first-order chi connectivity index (χ1) is 5.85. The molecule has 1 aromatic rings. The van der Waals surface area contributed by atoms with E-state index in [-0.39, 0.29) is 0 Å². The maximum Gasteiger partial charge on any atom is 0.618 e. The molecule has 0 nitrogen and oxygen atoms in total. The van der Waals surface area contributed by atoms with Crippen molar-refractivity contribution in [2.24, 2.45) is 0 Å². The lowest BCUT2D eigenvalue weighted by Gasteiger charge is -1.90. The van der Waals surface area contributed by atoms with Crippen LogP contribution in [0.2, 0.25) is 0 Å². The summed E-state index contributed by atoms with van der Waals surface area (Å²) in [5.41, 5.74) is 1.20. The van der Waals surface area contributed by atoms with Crippen molar-refractivity contribution < 1.29 is 0 Å². The normalized spacial score (nSPS) is 7.50. The third-order valence-corrected chi connectivity index (χ3v) is 1.11. The Bertz CT molecular complexity index is 199. The molecule has 0 aliphatic heterocycles. The van der Waals surface area contributed by atoms with Crippen LogP contribution in [0.1, 0.15) is 5.56 Å². The van der Waals surface area contributed by atoms with Gasteiger partial charge in [0.15, 0.2) is 0 Å². The number of benzene rings is 1. The summed E-state index contributed by atoms with van der Waals surface area (Å²) in [6.07, 6.45) is 3.76. The molecular formula is C9H9Cl2Mg. The molecule has 1 aromatic carbocycles. The molecule has 0 heterocycles. The van der Waals surface area contributed by atoms with Crippen LogP contribution in [0.5, 0.6) is 0 Å². The van der Waals surface area contributed by atoms with Gasteiger partial charge < -0.3 is 18.1 Å². The van der Waals surface area contributed by atoms with E-state index in [4.69, 9.17) is 18.1 Å². The van der Waals surface area contributed by atoms with Gasteiger partial charge in [-0.05, 0) is 5.56 Å². The van der Waals surface area contributed by atoms with E-state index < -0.39 is 18.2 Å². The van der Waals surface area contributed by atoms with Crippen molar-refractivity contribution in [1.29, 1.82) is 0 Å². The number of halogens is 2. The average Bonchev–Trinajstić information content (AvgIpc) is 2.08. The number of hydrogen-bond donors (Lipinski definition) is 0. The Morgan fingerprint density at radius 3 is 2.08 bits per heavy atom. The molecule has 0 bridgehead atoms. The Kier molecular flexibility index (Phi) is 9.63. The van der Waals surface area contributed by atoms with Crippen molar-refractivity contribution in [3.63, 3.8) is 0 Å². The first kappa shape index (κ1) is 12.3. The molecule has 0 fully saturated rings. The van der Waals surface area contributed by atoms with Crippen LogP contribution in [0.4, 0.5) is 0 Å².